The van der Waals surface area contributed by atoms with E-state index in [4.69, 9.17) is 9.47 Å². The smallest absolute Gasteiger partial charge is 0.161 e. The standard InChI is InChI=1S/C17H29NO3/c1-12(2)17(5,19)11-21-15-8-7-14(9-16(15)20-6)10-18-13(3)4/h7-9,12-13,18-19H,10-11H2,1-6H3. The Balaban J connectivity index is 2.75. The van der Waals surface area contributed by atoms with Crippen LogP contribution in [-0.4, -0.2) is 30.5 Å². The summed E-state index contributed by atoms with van der Waals surface area (Å²) in [7, 11) is 1.63. The minimum Gasteiger partial charge on any atom is -0.493 e. The summed E-state index contributed by atoms with van der Waals surface area (Å²) < 4.78 is 11.1. The van der Waals surface area contributed by atoms with Gasteiger partial charge in [-0.25, -0.2) is 0 Å². The fraction of sp³-hybridized carbons (Fsp3) is 0.647. The van der Waals surface area contributed by atoms with Crippen LogP contribution in [0.1, 0.15) is 40.2 Å². The van der Waals surface area contributed by atoms with Crippen LogP contribution in [0.4, 0.5) is 0 Å². The van der Waals surface area contributed by atoms with Gasteiger partial charge in [0.25, 0.3) is 0 Å². The predicted molar refractivity (Wildman–Crippen MR) is 85.9 cm³/mol. The van der Waals surface area contributed by atoms with E-state index in [-0.39, 0.29) is 12.5 Å². The van der Waals surface area contributed by atoms with E-state index in [0.717, 1.165) is 12.1 Å². The molecule has 1 aromatic rings. The average Bonchev–Trinajstić information content (AvgIpc) is 2.43. The molecule has 0 spiro atoms. The third-order valence-electron chi connectivity index (χ3n) is 3.71. The van der Waals surface area contributed by atoms with E-state index < -0.39 is 5.60 Å². The number of rotatable bonds is 8. The monoisotopic (exact) mass is 295 g/mol. The Morgan fingerprint density at radius 3 is 2.38 bits per heavy atom. The Morgan fingerprint density at radius 2 is 1.86 bits per heavy atom. The molecule has 0 radical (unpaired) electrons. The number of benzene rings is 1. The predicted octanol–water partition coefficient (Wildman–Crippen LogP) is 2.98. The largest absolute Gasteiger partial charge is 0.493 e. The lowest BCUT2D eigenvalue weighted by atomic mass is 9.94. The van der Waals surface area contributed by atoms with E-state index in [1.54, 1.807) is 14.0 Å². The van der Waals surface area contributed by atoms with Crippen LogP contribution < -0.4 is 14.8 Å². The van der Waals surface area contributed by atoms with Gasteiger partial charge in [0.05, 0.1) is 12.7 Å². The van der Waals surface area contributed by atoms with Gasteiger partial charge in [-0.3, -0.25) is 0 Å². The Labute approximate surface area is 128 Å². The summed E-state index contributed by atoms with van der Waals surface area (Å²) in [5.74, 6) is 1.47. The van der Waals surface area contributed by atoms with Crippen molar-refractivity contribution in [1.29, 1.82) is 0 Å². The maximum Gasteiger partial charge on any atom is 0.161 e. The average molecular weight is 295 g/mol. The highest BCUT2D eigenvalue weighted by molar-refractivity contribution is 5.43. The second-order valence-electron chi connectivity index (χ2n) is 6.32. The second kappa shape index (κ2) is 7.66. The number of methoxy groups -OCH3 is 1. The number of aliphatic hydroxyl groups is 1. The van der Waals surface area contributed by atoms with Crippen molar-refractivity contribution in [2.45, 2.75) is 52.8 Å². The van der Waals surface area contributed by atoms with Crippen molar-refractivity contribution < 1.29 is 14.6 Å². The molecule has 120 valence electrons. The van der Waals surface area contributed by atoms with Gasteiger partial charge in [-0.1, -0.05) is 33.8 Å². The number of hydrogen-bond donors (Lipinski definition) is 2. The highest BCUT2D eigenvalue weighted by Crippen LogP contribution is 2.29. The lowest BCUT2D eigenvalue weighted by Crippen LogP contribution is -2.37. The summed E-state index contributed by atoms with van der Waals surface area (Å²) in [6.07, 6.45) is 0. The summed E-state index contributed by atoms with van der Waals surface area (Å²) in [6, 6.07) is 6.31. The van der Waals surface area contributed by atoms with E-state index in [2.05, 4.69) is 19.2 Å². The molecule has 0 saturated carbocycles. The van der Waals surface area contributed by atoms with Gasteiger partial charge < -0.3 is 19.9 Å². The van der Waals surface area contributed by atoms with Crippen LogP contribution in [-0.2, 0) is 6.54 Å². The van der Waals surface area contributed by atoms with Gasteiger partial charge in [-0.2, -0.15) is 0 Å². The van der Waals surface area contributed by atoms with Crippen molar-refractivity contribution in [3.8, 4) is 11.5 Å². The molecule has 1 unspecified atom stereocenters. The van der Waals surface area contributed by atoms with Gasteiger partial charge in [0, 0.05) is 12.6 Å². The van der Waals surface area contributed by atoms with Crippen LogP contribution in [0.3, 0.4) is 0 Å². The maximum absolute atomic E-state index is 10.2. The highest BCUT2D eigenvalue weighted by Gasteiger charge is 2.26. The summed E-state index contributed by atoms with van der Waals surface area (Å²) >= 11 is 0. The van der Waals surface area contributed by atoms with E-state index in [1.807, 2.05) is 32.0 Å². The Bertz CT molecular complexity index is 442. The molecule has 2 N–H and O–H groups in total. The summed E-state index contributed by atoms with van der Waals surface area (Å²) in [4.78, 5) is 0. The topological polar surface area (TPSA) is 50.7 Å². The van der Waals surface area contributed by atoms with Gasteiger partial charge in [0.1, 0.15) is 6.61 Å². The second-order valence-corrected chi connectivity index (χ2v) is 6.32. The van der Waals surface area contributed by atoms with Crippen LogP contribution in [0.25, 0.3) is 0 Å². The molecule has 0 aliphatic rings. The van der Waals surface area contributed by atoms with Crippen molar-refractivity contribution in [3.05, 3.63) is 23.8 Å². The fourth-order valence-electron chi connectivity index (χ4n) is 1.65. The minimum absolute atomic E-state index is 0.123. The number of nitrogens with one attached hydrogen (secondary N) is 1. The Hall–Kier alpha value is -1.26. The lowest BCUT2D eigenvalue weighted by molar-refractivity contribution is -0.0271. The molecule has 0 fully saturated rings. The van der Waals surface area contributed by atoms with Crippen molar-refractivity contribution in [1.82, 2.24) is 5.32 Å². The Morgan fingerprint density at radius 1 is 1.19 bits per heavy atom. The minimum atomic E-state index is -0.858. The van der Waals surface area contributed by atoms with Gasteiger partial charge in [-0.05, 0) is 30.5 Å². The SMILES string of the molecule is COc1cc(CNC(C)C)ccc1OCC(C)(O)C(C)C. The molecule has 1 aromatic carbocycles. The normalized spacial score (nSPS) is 14.3. The van der Waals surface area contributed by atoms with Crippen molar-refractivity contribution in [2.24, 2.45) is 5.92 Å². The molecule has 0 amide bonds. The molecule has 21 heavy (non-hydrogen) atoms. The van der Waals surface area contributed by atoms with E-state index >= 15 is 0 Å². The van der Waals surface area contributed by atoms with Gasteiger partial charge >= 0.3 is 0 Å². The number of hydrogen-bond acceptors (Lipinski definition) is 4. The van der Waals surface area contributed by atoms with Crippen LogP contribution in [0.2, 0.25) is 0 Å². The van der Waals surface area contributed by atoms with Gasteiger partial charge in [-0.15, -0.1) is 0 Å². The zero-order valence-electron chi connectivity index (χ0n) is 14.1. The third kappa shape index (κ3) is 5.56. The van der Waals surface area contributed by atoms with Crippen molar-refractivity contribution in [3.63, 3.8) is 0 Å². The summed E-state index contributed by atoms with van der Waals surface area (Å²) in [6.45, 7) is 11.0. The molecule has 0 saturated heterocycles. The van der Waals surface area contributed by atoms with E-state index in [9.17, 15) is 5.11 Å². The van der Waals surface area contributed by atoms with E-state index in [0.29, 0.717) is 17.5 Å². The lowest BCUT2D eigenvalue weighted by Gasteiger charge is -2.27. The van der Waals surface area contributed by atoms with Crippen molar-refractivity contribution in [2.75, 3.05) is 13.7 Å². The molecule has 1 atom stereocenters. The zero-order chi connectivity index (χ0) is 16.0. The molecule has 0 bridgehead atoms. The number of ether oxygens (including phenoxy) is 2. The quantitative estimate of drug-likeness (QED) is 0.774. The van der Waals surface area contributed by atoms with Crippen LogP contribution >= 0.6 is 0 Å². The first-order valence-electron chi connectivity index (χ1n) is 7.51. The first-order chi connectivity index (χ1) is 9.76. The van der Waals surface area contributed by atoms with Gasteiger partial charge in [0.2, 0.25) is 0 Å². The molecule has 0 aliphatic carbocycles. The summed E-state index contributed by atoms with van der Waals surface area (Å²) in [5, 5.41) is 13.6. The van der Waals surface area contributed by atoms with Crippen LogP contribution in [0.15, 0.2) is 18.2 Å². The summed E-state index contributed by atoms with van der Waals surface area (Å²) in [5.41, 5.74) is 0.284. The molecule has 0 aliphatic heterocycles. The fourth-order valence-corrected chi connectivity index (χ4v) is 1.65. The zero-order valence-corrected chi connectivity index (χ0v) is 14.1. The van der Waals surface area contributed by atoms with E-state index in [1.165, 1.54) is 0 Å². The molecular weight excluding hydrogens is 266 g/mol. The molecule has 1 rings (SSSR count). The third-order valence-corrected chi connectivity index (χ3v) is 3.71. The first-order valence-corrected chi connectivity index (χ1v) is 7.51. The van der Waals surface area contributed by atoms with Crippen LogP contribution in [0.5, 0.6) is 11.5 Å². The van der Waals surface area contributed by atoms with Crippen molar-refractivity contribution >= 4 is 0 Å². The van der Waals surface area contributed by atoms with Gasteiger partial charge in [0.15, 0.2) is 11.5 Å². The highest BCUT2D eigenvalue weighted by atomic mass is 16.5. The molecule has 0 aromatic heterocycles. The molecule has 0 heterocycles. The molecule has 4 nitrogen and oxygen atoms in total. The first kappa shape index (κ1) is 17.8. The molecule has 4 heteroatoms. The Kier molecular flexibility index (Phi) is 6.49. The van der Waals surface area contributed by atoms with Crippen LogP contribution in [0, 0.1) is 5.92 Å². The maximum atomic E-state index is 10.2. The molecular formula is C17H29NO3.